The van der Waals surface area contributed by atoms with Crippen LogP contribution in [0.1, 0.15) is 29.9 Å². The first kappa shape index (κ1) is 15.8. The summed E-state index contributed by atoms with van der Waals surface area (Å²) in [7, 11) is 0. The number of nitrogens with zero attached hydrogens (tertiary/aromatic N) is 3. The monoisotopic (exact) mass is 333 g/mol. The highest BCUT2D eigenvalue weighted by atomic mass is 16.8. The summed E-state index contributed by atoms with van der Waals surface area (Å²) in [6.45, 7) is 4.71. The van der Waals surface area contributed by atoms with Crippen molar-refractivity contribution in [3.8, 4) is 0 Å². The predicted molar refractivity (Wildman–Crippen MR) is 81.3 cm³/mol. The van der Waals surface area contributed by atoms with E-state index in [-0.39, 0.29) is 34.9 Å². The zero-order valence-electron chi connectivity index (χ0n) is 13.4. The van der Waals surface area contributed by atoms with Crippen molar-refractivity contribution in [2.45, 2.75) is 20.8 Å². The lowest BCUT2D eigenvalue weighted by molar-refractivity contribution is -0.782. The highest BCUT2D eigenvalue weighted by Gasteiger charge is 2.26. The van der Waals surface area contributed by atoms with Crippen molar-refractivity contribution >= 4 is 33.7 Å². The van der Waals surface area contributed by atoms with E-state index in [9.17, 15) is 14.8 Å². The van der Waals surface area contributed by atoms with Crippen LogP contribution >= 0.6 is 0 Å². The number of carbonyl (C=O) groups excluding carboxylic acids is 2. The van der Waals surface area contributed by atoms with Crippen LogP contribution in [0.2, 0.25) is 0 Å². The van der Waals surface area contributed by atoms with Crippen molar-refractivity contribution in [3.05, 3.63) is 28.6 Å². The van der Waals surface area contributed by atoms with Crippen LogP contribution in [0.5, 0.6) is 0 Å². The van der Waals surface area contributed by atoms with Crippen LogP contribution in [-0.2, 0) is 9.53 Å². The normalized spacial score (nSPS) is 11.1. The second-order valence-corrected chi connectivity index (χ2v) is 5.15. The Morgan fingerprint density at radius 3 is 2.83 bits per heavy atom. The Hall–Kier alpha value is -3.10. The topological polar surface area (TPSA) is 110 Å². The van der Waals surface area contributed by atoms with Crippen molar-refractivity contribution in [1.82, 2.24) is 9.89 Å². The van der Waals surface area contributed by atoms with E-state index in [1.165, 1.54) is 17.7 Å². The summed E-state index contributed by atoms with van der Waals surface area (Å²) >= 11 is 0. The number of esters is 1. The molecule has 0 spiro atoms. The first-order valence-electron chi connectivity index (χ1n) is 7.29. The molecule has 0 amide bonds. The van der Waals surface area contributed by atoms with Gasteiger partial charge < -0.3 is 14.8 Å². The third-order valence-corrected chi connectivity index (χ3v) is 3.64. The van der Waals surface area contributed by atoms with Crippen LogP contribution in [0.4, 0.5) is 0 Å². The van der Waals surface area contributed by atoms with Crippen molar-refractivity contribution < 1.29 is 28.7 Å². The van der Waals surface area contributed by atoms with Gasteiger partial charge >= 0.3 is 5.97 Å². The second kappa shape index (κ2) is 5.84. The van der Waals surface area contributed by atoms with Gasteiger partial charge in [0.15, 0.2) is 5.78 Å². The number of aromatic nitrogens is 3. The van der Waals surface area contributed by atoms with Gasteiger partial charge in [0.2, 0.25) is 12.1 Å². The summed E-state index contributed by atoms with van der Waals surface area (Å²) < 4.78 is 10.8. The van der Waals surface area contributed by atoms with Gasteiger partial charge in [-0.05, 0) is 37.8 Å². The molecule has 0 N–H and O–H groups in total. The van der Waals surface area contributed by atoms with E-state index >= 15 is 0 Å². The van der Waals surface area contributed by atoms with Gasteiger partial charge in [0.25, 0.3) is 5.52 Å². The molecule has 3 aromatic rings. The molecule has 0 aliphatic rings. The molecule has 0 aliphatic carbocycles. The van der Waals surface area contributed by atoms with E-state index in [2.05, 4.69) is 9.79 Å². The molecule has 0 atom stereocenters. The number of hydrogen-bond donors (Lipinski definition) is 0. The maximum atomic E-state index is 12.1. The zero-order valence-corrected chi connectivity index (χ0v) is 13.4. The van der Waals surface area contributed by atoms with Crippen LogP contribution in [0.15, 0.2) is 16.8 Å². The van der Waals surface area contributed by atoms with Gasteiger partial charge in [-0.25, -0.2) is 4.79 Å². The molecule has 9 nitrogen and oxygen atoms in total. The molecular formula is C15H15N3O6. The molecule has 24 heavy (non-hydrogen) atoms. The smallest absolute Gasteiger partial charge is 0.346 e. The molecule has 0 saturated carbocycles. The van der Waals surface area contributed by atoms with Crippen LogP contribution in [0.25, 0.3) is 21.9 Å². The summed E-state index contributed by atoms with van der Waals surface area (Å²) in [5.74, 6) is -0.744. The third-order valence-electron chi connectivity index (χ3n) is 3.64. The lowest BCUT2D eigenvalue weighted by atomic mass is 10.1. The average molecular weight is 333 g/mol. The summed E-state index contributed by atoms with van der Waals surface area (Å²) in [4.78, 5) is 29.4. The largest absolute Gasteiger partial charge is 0.463 e. The summed E-state index contributed by atoms with van der Waals surface area (Å²) in [6, 6.07) is 3.11. The SMILES string of the molecule is CCOC(=O)COn1c(C)c(C(C)=O)c2c3no[n+]([O-])c3ccc21. The van der Waals surface area contributed by atoms with Gasteiger partial charge in [-0.3, -0.25) is 9.42 Å². The van der Waals surface area contributed by atoms with Gasteiger partial charge in [0, 0.05) is 5.16 Å². The van der Waals surface area contributed by atoms with Crippen molar-refractivity contribution in [1.29, 1.82) is 0 Å². The summed E-state index contributed by atoms with van der Waals surface area (Å²) in [6.07, 6.45) is 0. The number of benzene rings is 1. The minimum Gasteiger partial charge on any atom is -0.463 e. The molecule has 0 saturated heterocycles. The highest BCUT2D eigenvalue weighted by Crippen LogP contribution is 2.30. The summed E-state index contributed by atoms with van der Waals surface area (Å²) in [5, 5.41) is 15.8. The van der Waals surface area contributed by atoms with Crippen LogP contribution < -0.4 is 9.74 Å². The Kier molecular flexibility index (Phi) is 3.84. The van der Waals surface area contributed by atoms with Crippen LogP contribution in [-0.4, -0.2) is 34.9 Å². The van der Waals surface area contributed by atoms with Gasteiger partial charge in [-0.2, -0.15) is 4.73 Å². The molecule has 0 fully saturated rings. The molecular weight excluding hydrogens is 318 g/mol. The third kappa shape index (κ3) is 2.34. The molecule has 2 aromatic heterocycles. The molecule has 0 bridgehead atoms. The van der Waals surface area contributed by atoms with E-state index in [1.54, 1.807) is 19.9 Å². The standard InChI is InChI=1S/C15H15N3O6/c1-4-22-12(20)7-23-17-8(2)13(9(3)19)14-10(17)5-6-11-15(14)16-24-18(11)21/h5-6H,4,7H2,1-3H3. The van der Waals surface area contributed by atoms with Crippen molar-refractivity contribution in [2.24, 2.45) is 0 Å². The Labute approximate surface area is 135 Å². The van der Waals surface area contributed by atoms with Crippen LogP contribution in [0, 0.1) is 12.1 Å². The first-order chi connectivity index (χ1) is 11.5. The molecule has 3 rings (SSSR count). The molecule has 1 aromatic carbocycles. The Morgan fingerprint density at radius 1 is 1.42 bits per heavy atom. The predicted octanol–water partition coefficient (Wildman–Crippen LogP) is 0.919. The van der Waals surface area contributed by atoms with E-state index < -0.39 is 5.97 Å². The number of carbonyl (C=O) groups is 2. The van der Waals surface area contributed by atoms with E-state index in [0.29, 0.717) is 22.2 Å². The Balaban J connectivity index is 2.19. The molecule has 2 heterocycles. The Morgan fingerprint density at radius 2 is 2.17 bits per heavy atom. The van der Waals surface area contributed by atoms with Gasteiger partial charge in [-0.15, -0.1) is 0 Å². The summed E-state index contributed by atoms with van der Waals surface area (Å²) in [5.41, 5.74) is 1.81. The molecule has 126 valence electrons. The minimum atomic E-state index is -0.525. The fourth-order valence-corrected chi connectivity index (χ4v) is 2.73. The quantitative estimate of drug-likeness (QED) is 0.388. The maximum absolute atomic E-state index is 12.1. The maximum Gasteiger partial charge on any atom is 0.346 e. The molecule has 9 heteroatoms. The minimum absolute atomic E-state index is 0.201. The van der Waals surface area contributed by atoms with Crippen molar-refractivity contribution in [3.63, 3.8) is 0 Å². The number of hydrogen-bond acceptors (Lipinski definition) is 7. The van der Waals surface area contributed by atoms with E-state index in [0.717, 1.165) is 0 Å². The fourth-order valence-electron chi connectivity index (χ4n) is 2.73. The van der Waals surface area contributed by atoms with Crippen molar-refractivity contribution in [2.75, 3.05) is 13.2 Å². The van der Waals surface area contributed by atoms with Crippen LogP contribution in [0.3, 0.4) is 0 Å². The first-order valence-corrected chi connectivity index (χ1v) is 7.29. The van der Waals surface area contributed by atoms with Gasteiger partial charge in [0.1, 0.15) is 0 Å². The van der Waals surface area contributed by atoms with E-state index in [1.807, 2.05) is 0 Å². The number of ketones is 1. The van der Waals surface area contributed by atoms with Gasteiger partial charge in [0.05, 0.1) is 28.8 Å². The lowest BCUT2D eigenvalue weighted by Crippen LogP contribution is -2.23. The number of ether oxygens (including phenoxy) is 1. The van der Waals surface area contributed by atoms with Gasteiger partial charge in [-0.1, -0.05) is 0 Å². The molecule has 0 aliphatic heterocycles. The average Bonchev–Trinajstić information content (AvgIpc) is 3.03. The Bertz CT molecular complexity index is 955. The molecule has 0 radical (unpaired) electrons. The van der Waals surface area contributed by atoms with E-state index in [4.69, 9.17) is 9.57 Å². The molecule has 0 unspecified atom stereocenters. The highest BCUT2D eigenvalue weighted by molar-refractivity contribution is 6.16. The zero-order chi connectivity index (χ0) is 17.4. The number of rotatable bonds is 5. The second-order valence-electron chi connectivity index (χ2n) is 5.15. The lowest BCUT2D eigenvalue weighted by Gasteiger charge is -2.09. The number of Topliss-reactive ketones (excluding diaryl/α,β-unsaturated/α-hetero) is 1. The fraction of sp³-hybridized carbons (Fsp3) is 0.333. The number of fused-ring (bicyclic) bond motifs is 3.